The molecule has 0 amide bonds. The number of aryl methyl sites for hydroxylation is 7. The maximum atomic E-state index is 6.69. The molecule has 8 bridgehead atoms. The molecule has 65 heavy (non-hydrogen) atoms. The second-order valence-corrected chi connectivity index (χ2v) is 15.3. The predicted molar refractivity (Wildman–Crippen MR) is 278 cm³/mol. The Bertz CT molecular complexity index is 2750. The molecule has 5 heteroatoms. The molecule has 2 aliphatic rings. The van der Waals surface area contributed by atoms with Crippen molar-refractivity contribution < 1.29 is 0 Å². The van der Waals surface area contributed by atoms with Crippen molar-refractivity contribution in [1.29, 1.82) is 0 Å². The molecule has 2 aliphatic heterocycles. The van der Waals surface area contributed by atoms with Gasteiger partial charge in [-0.2, -0.15) is 0 Å². The van der Waals surface area contributed by atoms with Crippen molar-refractivity contribution in [1.82, 2.24) is 19.5 Å². The first kappa shape index (κ1) is 51.2. The van der Waals surface area contributed by atoms with Gasteiger partial charge in [0.2, 0.25) is 0 Å². The van der Waals surface area contributed by atoms with Crippen molar-refractivity contribution in [3.05, 3.63) is 195 Å². The summed E-state index contributed by atoms with van der Waals surface area (Å²) in [5.74, 6) is 6.83. The van der Waals surface area contributed by atoms with Crippen molar-refractivity contribution in [2.75, 3.05) is 0 Å². The van der Waals surface area contributed by atoms with Gasteiger partial charge in [-0.05, 0) is 104 Å². The van der Waals surface area contributed by atoms with E-state index in [2.05, 4.69) is 113 Å². The second-order valence-electron chi connectivity index (χ2n) is 15.3. The molecule has 0 saturated heterocycles. The summed E-state index contributed by atoms with van der Waals surface area (Å²) in [6.07, 6.45) is 35.7. The molecule has 324 valence electrons. The third kappa shape index (κ3) is 12.0. The van der Waals surface area contributed by atoms with E-state index in [0.29, 0.717) is 0 Å². The van der Waals surface area contributed by atoms with E-state index in [0.717, 1.165) is 91.0 Å². The van der Waals surface area contributed by atoms with Crippen LogP contribution in [0.25, 0.3) is 46.4 Å². The number of fused-ring (bicyclic) bond motifs is 8. The number of nitrogens with one attached hydrogen (secondary N) is 1. The van der Waals surface area contributed by atoms with Crippen LogP contribution in [-0.2, 0) is 51.5 Å². The first-order chi connectivity index (χ1) is 31.3. The summed E-state index contributed by atoms with van der Waals surface area (Å²) in [4.78, 5) is 14.4. The predicted octanol–water partition coefficient (Wildman–Crippen LogP) is 13.6. The number of hydrogen-bond donors (Lipinski definition) is 1. The van der Waals surface area contributed by atoms with Crippen LogP contribution in [0.2, 0.25) is 0 Å². The molecule has 0 spiro atoms. The fourth-order valence-corrected chi connectivity index (χ4v) is 8.60. The summed E-state index contributed by atoms with van der Waals surface area (Å²) in [6, 6.07) is 30.5. The van der Waals surface area contributed by atoms with Crippen LogP contribution in [0, 0.1) is 37.0 Å². The van der Waals surface area contributed by atoms with Gasteiger partial charge in [0, 0.05) is 39.8 Å². The van der Waals surface area contributed by atoms with Crippen LogP contribution in [0.5, 0.6) is 0 Å². The maximum Gasteiger partial charge on any atom is 3.00 e. The quantitative estimate of drug-likeness (QED) is 0.0938. The van der Waals surface area contributed by atoms with Gasteiger partial charge in [-0.15, -0.1) is 53.1 Å². The summed E-state index contributed by atoms with van der Waals surface area (Å²) in [7, 11) is 0. The van der Waals surface area contributed by atoms with Crippen LogP contribution in [0.3, 0.4) is 0 Å². The molecule has 8 rings (SSSR count). The van der Waals surface area contributed by atoms with Crippen molar-refractivity contribution in [3.8, 4) is 17.8 Å². The minimum absolute atomic E-state index is 0. The average Bonchev–Trinajstić information content (AvgIpc) is 4.18. The summed E-state index contributed by atoms with van der Waals surface area (Å²) >= 11 is 0. The number of rotatable bonds is 8. The van der Waals surface area contributed by atoms with Gasteiger partial charge >= 0.3 is 19.8 Å². The first-order valence-electron chi connectivity index (χ1n) is 22.9. The molecule has 4 nitrogen and oxygen atoms in total. The Hall–Kier alpha value is -6.42. The fourth-order valence-electron chi connectivity index (χ4n) is 8.60. The molecule has 3 aromatic carbocycles. The minimum atomic E-state index is 0. The Kier molecular flexibility index (Phi) is 20.3. The third-order valence-electron chi connectivity index (χ3n) is 11.7. The smallest absolute Gasteiger partial charge is 0.366 e. The molecule has 0 saturated carbocycles. The Morgan fingerprint density at radius 2 is 0.800 bits per heavy atom. The largest absolute Gasteiger partial charge is 3.00 e. The number of hydrogen-bond acceptors (Lipinski definition) is 2. The monoisotopic (exact) mass is 906 g/mol. The summed E-state index contributed by atoms with van der Waals surface area (Å²) in [6.45, 7) is 19.2. The zero-order valence-corrected chi connectivity index (χ0v) is 42.0. The molecular formula is C60H61GaN4. The standard InChI is InChI=1S/C36H46N4.3C8H5.Ga/c1-9-22-21-33-26(13-5)31-18-17-29(37-31)25(12-4)30-19-20-32(38-30)27(14-6)35-23(10-2)24(11-3)36(40(35)16-8)28(15-7)34(22)39-33;3*1-2-8-6-4-3-5-7-8;/h17-21,39H,9-16H2,1-8H3;3*3-7H;/q;3*-1;+3. The van der Waals surface area contributed by atoms with Gasteiger partial charge in [-0.3, -0.25) is 17.8 Å². The van der Waals surface area contributed by atoms with Crippen molar-refractivity contribution in [2.24, 2.45) is 0 Å². The summed E-state index contributed by atoms with van der Waals surface area (Å²) in [5.41, 5.74) is 21.7. The van der Waals surface area contributed by atoms with Crippen LogP contribution in [-0.4, -0.2) is 39.3 Å². The number of aromatic nitrogens is 4. The SMILES string of the molecule is CCc1c2nc(c(CC)c3cc(CC)c([nH]3)c(CC)c3c(CC)c(CC)c(c(CC)c4nc1C=C4)n3CC)C=C2.[C-]#Cc1ccccc1.[C-]#Cc1ccccc1.[C-]#Cc1ccccc1.[Ga+3]. The number of H-pyrrole nitrogens is 1. The zero-order chi connectivity index (χ0) is 46.0. The third-order valence-corrected chi connectivity index (χ3v) is 11.7. The van der Waals surface area contributed by atoms with Crippen LogP contribution < -0.4 is 0 Å². The van der Waals surface area contributed by atoms with E-state index in [9.17, 15) is 0 Å². The summed E-state index contributed by atoms with van der Waals surface area (Å²) < 4.78 is 2.62. The molecule has 0 atom stereocenters. The van der Waals surface area contributed by atoms with E-state index < -0.39 is 0 Å². The molecule has 0 unspecified atom stereocenters. The van der Waals surface area contributed by atoms with E-state index in [1.54, 1.807) is 0 Å². The van der Waals surface area contributed by atoms with Crippen molar-refractivity contribution in [3.63, 3.8) is 0 Å². The average molecular weight is 908 g/mol. The number of benzene rings is 3. The molecule has 5 heterocycles. The second kappa shape index (κ2) is 25.8. The van der Waals surface area contributed by atoms with E-state index >= 15 is 0 Å². The molecule has 0 radical (unpaired) electrons. The van der Waals surface area contributed by atoms with E-state index in [-0.39, 0.29) is 19.8 Å². The Labute approximate surface area is 402 Å². The van der Waals surface area contributed by atoms with Gasteiger partial charge in [0.15, 0.2) is 0 Å². The molecule has 1 N–H and O–H groups in total. The normalized spacial score (nSPS) is 10.7. The first-order valence-corrected chi connectivity index (χ1v) is 22.9. The molecule has 6 aromatic rings. The summed E-state index contributed by atoms with van der Waals surface area (Å²) in [5, 5.41) is 0. The van der Waals surface area contributed by atoms with E-state index in [1.165, 1.54) is 61.0 Å². The fraction of sp³-hybridized carbons (Fsp3) is 0.267. The Morgan fingerprint density at radius 3 is 1.12 bits per heavy atom. The van der Waals surface area contributed by atoms with Crippen LogP contribution in [0.15, 0.2) is 97.1 Å². The molecule has 0 aliphatic carbocycles. The molecule has 0 fully saturated rings. The van der Waals surface area contributed by atoms with E-state index in [4.69, 9.17) is 29.2 Å². The molecule has 3 aromatic heterocycles. The zero-order valence-electron chi connectivity index (χ0n) is 39.6. The van der Waals surface area contributed by atoms with Crippen LogP contribution in [0.4, 0.5) is 0 Å². The van der Waals surface area contributed by atoms with Crippen molar-refractivity contribution >= 4 is 66.2 Å². The van der Waals surface area contributed by atoms with Gasteiger partial charge in [0.1, 0.15) is 0 Å². The minimum Gasteiger partial charge on any atom is -0.366 e. The van der Waals surface area contributed by atoms with Gasteiger partial charge in [0.05, 0.1) is 28.3 Å². The van der Waals surface area contributed by atoms with Crippen LogP contribution in [0.1, 0.15) is 134 Å². The van der Waals surface area contributed by atoms with Gasteiger partial charge in [-0.25, -0.2) is 9.97 Å². The van der Waals surface area contributed by atoms with E-state index in [1.807, 2.05) is 91.0 Å². The van der Waals surface area contributed by atoms with Gasteiger partial charge in [0.25, 0.3) is 0 Å². The number of nitrogens with zero attached hydrogens (tertiary/aromatic N) is 3. The Morgan fingerprint density at radius 1 is 0.446 bits per heavy atom. The topological polar surface area (TPSA) is 46.5 Å². The number of aromatic amines is 1. The van der Waals surface area contributed by atoms with Gasteiger partial charge < -0.3 is 28.8 Å². The van der Waals surface area contributed by atoms with Crippen molar-refractivity contribution in [2.45, 2.75) is 107 Å². The maximum absolute atomic E-state index is 6.69. The molecular weight excluding hydrogens is 846 g/mol. The Balaban J connectivity index is 0.000000297. The van der Waals surface area contributed by atoms with Gasteiger partial charge in [-0.1, -0.05) is 103 Å². The van der Waals surface area contributed by atoms with Crippen LogP contribution >= 0.6 is 0 Å².